The van der Waals surface area contributed by atoms with Crippen LogP contribution in [-0.2, 0) is 14.3 Å². The number of hydrogen-bond acceptors (Lipinski definition) is 5. The summed E-state index contributed by atoms with van der Waals surface area (Å²) >= 11 is 0. The van der Waals surface area contributed by atoms with E-state index in [2.05, 4.69) is 10.4 Å². The fraction of sp³-hybridized carbons (Fsp3) is 0.375. The lowest BCUT2D eigenvalue weighted by Crippen LogP contribution is -2.36. The lowest BCUT2D eigenvalue weighted by atomic mass is 9.98. The Hall–Kier alpha value is -3.19. The lowest BCUT2D eigenvalue weighted by molar-refractivity contribution is -0.135. The largest absolute Gasteiger partial charge is 0.497 e. The van der Waals surface area contributed by atoms with Crippen molar-refractivity contribution in [3.8, 4) is 5.75 Å². The van der Waals surface area contributed by atoms with Gasteiger partial charge in [-0.25, -0.2) is 5.01 Å². The molecule has 1 heterocycles. The second kappa shape index (κ2) is 10.7. The second-order valence-electron chi connectivity index (χ2n) is 7.57. The van der Waals surface area contributed by atoms with Crippen LogP contribution in [0.15, 0.2) is 59.7 Å². The summed E-state index contributed by atoms with van der Waals surface area (Å²) < 4.78 is 10.3. The van der Waals surface area contributed by atoms with Crippen molar-refractivity contribution in [1.82, 2.24) is 10.3 Å². The van der Waals surface area contributed by atoms with Gasteiger partial charge in [0, 0.05) is 32.4 Å². The van der Waals surface area contributed by atoms with E-state index < -0.39 is 0 Å². The number of ether oxygens (including phenoxy) is 2. The van der Waals surface area contributed by atoms with Gasteiger partial charge in [-0.15, -0.1) is 0 Å². The summed E-state index contributed by atoms with van der Waals surface area (Å²) in [6.45, 7) is 2.29. The van der Waals surface area contributed by atoms with E-state index in [9.17, 15) is 9.59 Å². The number of benzene rings is 2. The van der Waals surface area contributed by atoms with Crippen LogP contribution < -0.4 is 10.1 Å². The van der Waals surface area contributed by atoms with Gasteiger partial charge < -0.3 is 14.8 Å². The monoisotopic (exact) mass is 423 g/mol. The molecule has 0 aliphatic carbocycles. The quantitative estimate of drug-likeness (QED) is 0.671. The van der Waals surface area contributed by atoms with E-state index in [1.807, 2.05) is 61.5 Å². The Kier molecular flexibility index (Phi) is 7.78. The standard InChI is InChI=1S/C24H29N3O4/c1-17(16-30-2)25-23(28)13-14-24(29)27-22(19-9-11-20(31-3)12-10-19)15-21(26-27)18-7-5-4-6-8-18/h4-12,17,22H,13-16H2,1-3H3,(H,25,28). The average Bonchev–Trinajstić information content (AvgIpc) is 3.24. The molecule has 31 heavy (non-hydrogen) atoms. The minimum absolute atomic E-state index is 0.0871. The second-order valence-corrected chi connectivity index (χ2v) is 7.57. The highest BCUT2D eigenvalue weighted by Crippen LogP contribution is 2.34. The van der Waals surface area contributed by atoms with Crippen molar-refractivity contribution >= 4 is 17.5 Å². The molecule has 0 aromatic heterocycles. The Morgan fingerprint density at radius 1 is 1.10 bits per heavy atom. The number of hydrogen-bond donors (Lipinski definition) is 1. The van der Waals surface area contributed by atoms with Gasteiger partial charge in [0.05, 0.1) is 25.5 Å². The van der Waals surface area contributed by atoms with E-state index in [1.54, 1.807) is 14.2 Å². The van der Waals surface area contributed by atoms with Crippen molar-refractivity contribution in [2.45, 2.75) is 38.3 Å². The third-order valence-electron chi connectivity index (χ3n) is 5.16. The molecule has 7 heteroatoms. The third kappa shape index (κ3) is 5.92. The number of methoxy groups -OCH3 is 2. The summed E-state index contributed by atoms with van der Waals surface area (Å²) in [5.74, 6) is 0.400. The molecule has 0 spiro atoms. The number of nitrogens with one attached hydrogen (secondary N) is 1. The highest BCUT2D eigenvalue weighted by molar-refractivity contribution is 6.03. The fourth-order valence-electron chi connectivity index (χ4n) is 3.60. The molecule has 2 atom stereocenters. The van der Waals surface area contributed by atoms with Crippen LogP contribution in [0.25, 0.3) is 0 Å². The van der Waals surface area contributed by atoms with Crippen LogP contribution in [0, 0.1) is 0 Å². The van der Waals surface area contributed by atoms with Crippen molar-refractivity contribution in [2.24, 2.45) is 5.10 Å². The van der Waals surface area contributed by atoms with Gasteiger partial charge in [0.15, 0.2) is 0 Å². The van der Waals surface area contributed by atoms with Crippen LogP contribution in [0.3, 0.4) is 0 Å². The van der Waals surface area contributed by atoms with Gasteiger partial charge in [0.2, 0.25) is 11.8 Å². The predicted octanol–water partition coefficient (Wildman–Crippen LogP) is 3.30. The molecule has 3 rings (SSSR count). The SMILES string of the molecule is COCC(C)NC(=O)CCC(=O)N1N=C(c2ccccc2)CC1c1ccc(OC)cc1. The summed E-state index contributed by atoms with van der Waals surface area (Å²) in [5, 5.41) is 9.00. The third-order valence-corrected chi connectivity index (χ3v) is 5.16. The van der Waals surface area contributed by atoms with Gasteiger partial charge in [0.25, 0.3) is 0 Å². The molecule has 0 fully saturated rings. The van der Waals surface area contributed by atoms with Crippen LogP contribution in [0.1, 0.15) is 43.4 Å². The Balaban J connectivity index is 1.74. The molecule has 2 aromatic rings. The molecule has 1 aliphatic rings. The van der Waals surface area contributed by atoms with Gasteiger partial charge >= 0.3 is 0 Å². The molecule has 164 valence electrons. The zero-order valence-electron chi connectivity index (χ0n) is 18.2. The first kappa shape index (κ1) is 22.5. The number of nitrogens with zero attached hydrogens (tertiary/aromatic N) is 2. The normalized spacial score (nSPS) is 16.5. The van der Waals surface area contributed by atoms with E-state index in [1.165, 1.54) is 5.01 Å². The van der Waals surface area contributed by atoms with Gasteiger partial charge in [-0.1, -0.05) is 42.5 Å². The lowest BCUT2D eigenvalue weighted by Gasteiger charge is -2.22. The minimum Gasteiger partial charge on any atom is -0.497 e. The van der Waals surface area contributed by atoms with Gasteiger partial charge in [-0.3, -0.25) is 9.59 Å². The maximum absolute atomic E-state index is 13.0. The summed E-state index contributed by atoms with van der Waals surface area (Å²) in [7, 11) is 3.21. The molecule has 2 unspecified atom stereocenters. The van der Waals surface area contributed by atoms with Gasteiger partial charge in [0.1, 0.15) is 5.75 Å². The summed E-state index contributed by atoms with van der Waals surface area (Å²) in [5.41, 5.74) is 2.82. The van der Waals surface area contributed by atoms with Crippen molar-refractivity contribution in [3.63, 3.8) is 0 Å². The first-order valence-electron chi connectivity index (χ1n) is 10.4. The first-order valence-corrected chi connectivity index (χ1v) is 10.4. The van der Waals surface area contributed by atoms with Crippen molar-refractivity contribution in [1.29, 1.82) is 0 Å². The van der Waals surface area contributed by atoms with Crippen LogP contribution in [-0.4, -0.2) is 49.4 Å². The van der Waals surface area contributed by atoms with Crippen LogP contribution in [0.2, 0.25) is 0 Å². The summed E-state index contributed by atoms with van der Waals surface area (Å²) in [4.78, 5) is 25.2. The van der Waals surface area contributed by atoms with Crippen molar-refractivity contribution in [2.75, 3.05) is 20.8 Å². The fourth-order valence-corrected chi connectivity index (χ4v) is 3.60. The number of carbonyl (C=O) groups is 2. The molecule has 1 N–H and O–H groups in total. The molecule has 7 nitrogen and oxygen atoms in total. The highest BCUT2D eigenvalue weighted by atomic mass is 16.5. The Morgan fingerprint density at radius 2 is 1.81 bits per heavy atom. The highest BCUT2D eigenvalue weighted by Gasteiger charge is 2.33. The zero-order chi connectivity index (χ0) is 22.2. The summed E-state index contributed by atoms with van der Waals surface area (Å²) in [6.07, 6.45) is 0.803. The van der Waals surface area contributed by atoms with E-state index in [4.69, 9.17) is 9.47 Å². The van der Waals surface area contributed by atoms with Crippen molar-refractivity contribution < 1.29 is 19.1 Å². The number of hydrazone groups is 1. The smallest absolute Gasteiger partial charge is 0.243 e. The van der Waals surface area contributed by atoms with E-state index in [0.29, 0.717) is 13.0 Å². The van der Waals surface area contributed by atoms with Crippen LogP contribution >= 0.6 is 0 Å². The molecular formula is C24H29N3O4. The zero-order valence-corrected chi connectivity index (χ0v) is 18.2. The maximum Gasteiger partial charge on any atom is 0.243 e. The van der Waals surface area contributed by atoms with E-state index in [-0.39, 0.29) is 36.7 Å². The molecule has 2 aromatic carbocycles. The molecule has 2 amide bonds. The van der Waals surface area contributed by atoms with Crippen LogP contribution in [0.4, 0.5) is 0 Å². The Labute approximate surface area is 183 Å². The molecule has 0 saturated heterocycles. The minimum atomic E-state index is -0.218. The molecule has 0 radical (unpaired) electrons. The molecule has 1 aliphatic heterocycles. The maximum atomic E-state index is 13.0. The van der Waals surface area contributed by atoms with Crippen LogP contribution in [0.5, 0.6) is 5.75 Å². The Bertz CT molecular complexity index is 912. The van der Waals surface area contributed by atoms with Crippen molar-refractivity contribution in [3.05, 3.63) is 65.7 Å². The predicted molar refractivity (Wildman–Crippen MR) is 119 cm³/mol. The molecular weight excluding hydrogens is 394 g/mol. The van der Waals surface area contributed by atoms with Gasteiger partial charge in [-0.05, 0) is 30.2 Å². The number of carbonyl (C=O) groups excluding carboxylic acids is 2. The van der Waals surface area contributed by atoms with E-state index in [0.717, 1.165) is 22.6 Å². The molecule has 0 saturated carbocycles. The summed E-state index contributed by atoms with van der Waals surface area (Å²) in [6, 6.07) is 17.2. The average molecular weight is 424 g/mol. The molecule has 0 bridgehead atoms. The number of amides is 2. The van der Waals surface area contributed by atoms with E-state index >= 15 is 0 Å². The topological polar surface area (TPSA) is 80.2 Å². The first-order chi connectivity index (χ1) is 15.0. The van der Waals surface area contributed by atoms with Gasteiger partial charge in [-0.2, -0.15) is 5.10 Å². The Morgan fingerprint density at radius 3 is 2.45 bits per heavy atom. The number of rotatable bonds is 9.